The lowest BCUT2D eigenvalue weighted by Gasteiger charge is -2.22. The maximum Gasteiger partial charge on any atom is 0.233 e. The van der Waals surface area contributed by atoms with Gasteiger partial charge in [0.1, 0.15) is 11.5 Å². The van der Waals surface area contributed by atoms with Gasteiger partial charge < -0.3 is 9.73 Å². The second-order valence-electron chi connectivity index (χ2n) is 6.14. The van der Waals surface area contributed by atoms with Crippen LogP contribution in [0.2, 0.25) is 0 Å². The summed E-state index contributed by atoms with van der Waals surface area (Å²) >= 11 is 1.69. The van der Waals surface area contributed by atoms with E-state index in [0.717, 1.165) is 17.3 Å². The van der Waals surface area contributed by atoms with E-state index in [1.807, 2.05) is 44.2 Å². The van der Waals surface area contributed by atoms with Crippen molar-refractivity contribution in [2.75, 3.05) is 0 Å². The number of carbonyl (C=O) groups excluding carboxylic acids is 1. The number of benzene rings is 1. The zero-order valence-corrected chi connectivity index (χ0v) is 15.0. The first kappa shape index (κ1) is 17.7. The number of aryl methyl sites for hydroxylation is 1. The van der Waals surface area contributed by atoms with Crippen molar-refractivity contribution in [1.29, 1.82) is 0 Å². The van der Waals surface area contributed by atoms with Crippen LogP contribution >= 0.6 is 11.8 Å². The van der Waals surface area contributed by atoms with Crippen LogP contribution in [0, 0.1) is 12.8 Å². The van der Waals surface area contributed by atoms with Gasteiger partial charge in [-0.1, -0.05) is 44.2 Å². The largest absolute Gasteiger partial charge is 0.464 e. The average molecular weight is 331 g/mol. The van der Waals surface area contributed by atoms with Gasteiger partial charge in [-0.15, -0.1) is 11.8 Å². The Hall–Kier alpha value is -1.68. The van der Waals surface area contributed by atoms with Crippen molar-refractivity contribution in [1.82, 2.24) is 5.32 Å². The van der Waals surface area contributed by atoms with Crippen molar-refractivity contribution in [2.24, 2.45) is 5.92 Å². The highest BCUT2D eigenvalue weighted by atomic mass is 32.2. The SMILES string of the molecule is Cc1ccc(C(C)NC(=O)C(SCc2ccccc2)C(C)C)o1. The molecule has 0 aliphatic carbocycles. The summed E-state index contributed by atoms with van der Waals surface area (Å²) < 4.78 is 5.59. The van der Waals surface area contributed by atoms with Crippen LogP contribution < -0.4 is 5.32 Å². The molecule has 2 rings (SSSR count). The minimum absolute atomic E-state index is 0.0717. The molecule has 0 bridgehead atoms. The molecule has 0 saturated heterocycles. The second kappa shape index (κ2) is 8.25. The summed E-state index contributed by atoms with van der Waals surface area (Å²) in [5, 5.41) is 3.00. The average Bonchev–Trinajstić information content (AvgIpc) is 2.95. The maximum atomic E-state index is 12.6. The number of furan rings is 1. The van der Waals surface area contributed by atoms with E-state index in [4.69, 9.17) is 4.42 Å². The molecule has 2 aromatic rings. The van der Waals surface area contributed by atoms with Crippen molar-refractivity contribution in [3.63, 3.8) is 0 Å². The highest BCUT2D eigenvalue weighted by molar-refractivity contribution is 7.99. The minimum atomic E-state index is -0.116. The van der Waals surface area contributed by atoms with Crippen LogP contribution in [-0.2, 0) is 10.5 Å². The Labute approximate surface area is 142 Å². The van der Waals surface area contributed by atoms with Crippen molar-refractivity contribution >= 4 is 17.7 Å². The Kier molecular flexibility index (Phi) is 6.34. The fraction of sp³-hybridized carbons (Fsp3) is 0.421. The molecule has 0 radical (unpaired) electrons. The van der Waals surface area contributed by atoms with Crippen molar-refractivity contribution in [3.8, 4) is 0 Å². The zero-order chi connectivity index (χ0) is 16.8. The van der Waals surface area contributed by atoms with Crippen molar-refractivity contribution in [3.05, 3.63) is 59.5 Å². The predicted molar refractivity (Wildman–Crippen MR) is 96.4 cm³/mol. The summed E-state index contributed by atoms with van der Waals surface area (Å²) in [7, 11) is 0. The molecule has 0 saturated carbocycles. The molecular formula is C19H25NO2S. The van der Waals surface area contributed by atoms with Gasteiger partial charge in [0.05, 0.1) is 11.3 Å². The maximum absolute atomic E-state index is 12.6. The Balaban J connectivity index is 1.95. The number of amides is 1. The van der Waals surface area contributed by atoms with E-state index in [1.165, 1.54) is 5.56 Å². The Bertz CT molecular complexity index is 621. The van der Waals surface area contributed by atoms with Crippen molar-refractivity contribution in [2.45, 2.75) is 44.7 Å². The van der Waals surface area contributed by atoms with Crippen LogP contribution in [-0.4, -0.2) is 11.2 Å². The molecule has 0 aliphatic heterocycles. The number of rotatable bonds is 7. The summed E-state index contributed by atoms with van der Waals surface area (Å²) in [4.78, 5) is 12.6. The third-order valence-corrected chi connectivity index (χ3v) is 5.30. The summed E-state index contributed by atoms with van der Waals surface area (Å²) in [6.07, 6.45) is 0. The zero-order valence-electron chi connectivity index (χ0n) is 14.2. The van der Waals surface area contributed by atoms with E-state index in [9.17, 15) is 4.79 Å². The van der Waals surface area contributed by atoms with Gasteiger partial charge in [-0.3, -0.25) is 4.79 Å². The topological polar surface area (TPSA) is 42.2 Å². The Morgan fingerprint density at radius 3 is 2.39 bits per heavy atom. The van der Waals surface area contributed by atoms with Crippen LogP contribution in [0.5, 0.6) is 0 Å². The van der Waals surface area contributed by atoms with Crippen LogP contribution in [0.3, 0.4) is 0 Å². The van der Waals surface area contributed by atoms with E-state index >= 15 is 0 Å². The lowest BCUT2D eigenvalue weighted by molar-refractivity contribution is -0.122. The van der Waals surface area contributed by atoms with E-state index < -0.39 is 0 Å². The summed E-state index contributed by atoms with van der Waals surface area (Å²) in [5.41, 5.74) is 1.24. The first-order valence-corrected chi connectivity index (χ1v) is 9.04. The summed E-state index contributed by atoms with van der Waals surface area (Å²) in [5.74, 6) is 2.84. The molecule has 1 aromatic heterocycles. The second-order valence-corrected chi connectivity index (χ2v) is 7.27. The first-order valence-electron chi connectivity index (χ1n) is 7.99. The third kappa shape index (κ3) is 5.17. The highest BCUT2D eigenvalue weighted by Gasteiger charge is 2.25. The minimum Gasteiger partial charge on any atom is -0.464 e. The number of thioether (sulfide) groups is 1. The smallest absolute Gasteiger partial charge is 0.233 e. The molecule has 124 valence electrons. The van der Waals surface area contributed by atoms with Gasteiger partial charge in [0.15, 0.2) is 0 Å². The molecule has 3 nitrogen and oxygen atoms in total. The van der Waals surface area contributed by atoms with Crippen molar-refractivity contribution < 1.29 is 9.21 Å². The Morgan fingerprint density at radius 1 is 1.13 bits per heavy atom. The summed E-state index contributed by atoms with van der Waals surface area (Å²) in [6.45, 7) is 8.04. The van der Waals surface area contributed by atoms with Gasteiger partial charge in [0.2, 0.25) is 5.91 Å². The van der Waals surface area contributed by atoms with Crippen LogP contribution in [0.1, 0.15) is 43.9 Å². The predicted octanol–water partition coefficient (Wildman–Crippen LogP) is 4.72. The molecule has 1 N–H and O–H groups in total. The molecule has 2 atom stereocenters. The van der Waals surface area contributed by atoms with E-state index in [-0.39, 0.29) is 23.1 Å². The Morgan fingerprint density at radius 2 is 1.83 bits per heavy atom. The van der Waals surface area contributed by atoms with Gasteiger partial charge in [0, 0.05) is 5.75 Å². The first-order chi connectivity index (χ1) is 11.0. The number of hydrogen-bond acceptors (Lipinski definition) is 3. The lowest BCUT2D eigenvalue weighted by atomic mass is 10.1. The number of carbonyl (C=O) groups is 1. The molecule has 2 unspecified atom stereocenters. The normalized spacial score (nSPS) is 13.8. The lowest BCUT2D eigenvalue weighted by Crippen LogP contribution is -2.37. The highest BCUT2D eigenvalue weighted by Crippen LogP contribution is 2.25. The molecule has 4 heteroatoms. The standard InChI is InChI=1S/C19H25NO2S/c1-13(2)18(23-12-16-8-6-5-7-9-16)19(21)20-15(4)17-11-10-14(3)22-17/h5-11,13,15,18H,12H2,1-4H3,(H,20,21). The van der Waals surface area contributed by atoms with Gasteiger partial charge in [-0.25, -0.2) is 0 Å². The quantitative estimate of drug-likeness (QED) is 0.798. The molecule has 0 spiro atoms. The molecular weight excluding hydrogens is 306 g/mol. The van der Waals surface area contributed by atoms with E-state index in [2.05, 4.69) is 31.3 Å². The van der Waals surface area contributed by atoms with E-state index in [0.29, 0.717) is 0 Å². The van der Waals surface area contributed by atoms with Gasteiger partial charge in [0.25, 0.3) is 0 Å². The van der Waals surface area contributed by atoms with Gasteiger partial charge >= 0.3 is 0 Å². The third-order valence-electron chi connectivity index (χ3n) is 3.68. The summed E-state index contributed by atoms with van der Waals surface area (Å²) in [6, 6.07) is 14.0. The monoisotopic (exact) mass is 331 g/mol. The molecule has 23 heavy (non-hydrogen) atoms. The van der Waals surface area contributed by atoms with Crippen LogP contribution in [0.15, 0.2) is 46.9 Å². The molecule has 0 aliphatic rings. The molecule has 1 amide bonds. The van der Waals surface area contributed by atoms with Crippen LogP contribution in [0.25, 0.3) is 0 Å². The van der Waals surface area contributed by atoms with Crippen LogP contribution in [0.4, 0.5) is 0 Å². The molecule has 0 fully saturated rings. The molecule has 1 aromatic carbocycles. The molecule has 1 heterocycles. The van der Waals surface area contributed by atoms with Gasteiger partial charge in [-0.2, -0.15) is 0 Å². The number of hydrogen-bond donors (Lipinski definition) is 1. The van der Waals surface area contributed by atoms with E-state index in [1.54, 1.807) is 11.8 Å². The fourth-order valence-electron chi connectivity index (χ4n) is 2.38. The number of nitrogens with one attached hydrogen (secondary N) is 1. The van der Waals surface area contributed by atoms with Gasteiger partial charge in [-0.05, 0) is 37.5 Å². The fourth-order valence-corrected chi connectivity index (χ4v) is 3.55.